The number of carboxylic acids is 1. The molecule has 0 spiro atoms. The van der Waals surface area contributed by atoms with Crippen molar-refractivity contribution in [3.63, 3.8) is 0 Å². The number of carbonyl (C=O) groups is 2. The maximum atomic E-state index is 13.5. The fourth-order valence-electron chi connectivity index (χ4n) is 7.65. The van der Waals surface area contributed by atoms with Crippen molar-refractivity contribution >= 4 is 11.9 Å². The molecule has 180 valence electrons. The Hall–Kier alpha value is -1.95. The standard InChI is InChI=1S/C27H39N3O3/c1-2-3-5-22-21(6-7-23(29-22)27(15-24(31)32)8-4-9-28-16-27)26(33)30-25-19-11-17-10-18(13-19)14-20(25)12-17/h6-7,17-20,25,28H,2-5,8-16H2,1H3,(H,30,33)(H,31,32)/t17?,18?,19?,20?,25?,27-/m0/s1. The first-order chi connectivity index (χ1) is 16.0. The van der Waals surface area contributed by atoms with Gasteiger partial charge in [0.05, 0.1) is 17.7 Å². The number of hydrogen-bond acceptors (Lipinski definition) is 4. The number of piperidine rings is 1. The molecule has 0 unspecified atom stereocenters. The van der Waals surface area contributed by atoms with E-state index in [2.05, 4.69) is 17.6 Å². The molecule has 6 heteroatoms. The highest BCUT2D eigenvalue weighted by Crippen LogP contribution is 2.53. The number of hydrogen-bond donors (Lipinski definition) is 3. The van der Waals surface area contributed by atoms with Gasteiger partial charge in [-0.25, -0.2) is 0 Å². The summed E-state index contributed by atoms with van der Waals surface area (Å²) in [6, 6.07) is 4.17. The lowest BCUT2D eigenvalue weighted by Gasteiger charge is -2.54. The highest BCUT2D eigenvalue weighted by Gasteiger charge is 2.48. The van der Waals surface area contributed by atoms with Crippen molar-refractivity contribution in [2.24, 2.45) is 23.7 Å². The van der Waals surface area contributed by atoms with Gasteiger partial charge in [-0.15, -0.1) is 0 Å². The van der Waals surface area contributed by atoms with Gasteiger partial charge in [-0.1, -0.05) is 13.3 Å². The molecule has 4 bridgehead atoms. The van der Waals surface area contributed by atoms with Gasteiger partial charge in [-0.3, -0.25) is 14.6 Å². The second kappa shape index (κ2) is 9.36. The van der Waals surface area contributed by atoms with E-state index in [1.807, 2.05) is 12.1 Å². The van der Waals surface area contributed by atoms with E-state index in [1.165, 1.54) is 32.1 Å². The third-order valence-electron chi connectivity index (χ3n) is 9.02. The van der Waals surface area contributed by atoms with Crippen LogP contribution in [0.3, 0.4) is 0 Å². The van der Waals surface area contributed by atoms with Gasteiger partial charge in [0.15, 0.2) is 0 Å². The van der Waals surface area contributed by atoms with Crippen LogP contribution in [-0.4, -0.2) is 41.1 Å². The van der Waals surface area contributed by atoms with Crippen LogP contribution < -0.4 is 10.6 Å². The Bertz CT molecular complexity index is 865. The van der Waals surface area contributed by atoms with Crippen LogP contribution in [0.2, 0.25) is 0 Å². The van der Waals surface area contributed by atoms with Crippen molar-refractivity contribution in [2.75, 3.05) is 13.1 Å². The maximum absolute atomic E-state index is 13.5. The molecule has 6 nitrogen and oxygen atoms in total. The van der Waals surface area contributed by atoms with Gasteiger partial charge in [-0.2, -0.15) is 0 Å². The fourth-order valence-corrected chi connectivity index (χ4v) is 7.65. The number of amides is 1. The number of unbranched alkanes of at least 4 members (excludes halogenated alkanes) is 1. The second-order valence-electron chi connectivity index (χ2n) is 11.4. The lowest BCUT2D eigenvalue weighted by atomic mass is 9.54. The highest BCUT2D eigenvalue weighted by atomic mass is 16.4. The Labute approximate surface area is 197 Å². The summed E-state index contributed by atoms with van der Waals surface area (Å²) in [4.78, 5) is 30.2. The Morgan fingerprint density at radius 1 is 1.15 bits per heavy atom. The second-order valence-corrected chi connectivity index (χ2v) is 11.4. The van der Waals surface area contributed by atoms with E-state index in [9.17, 15) is 14.7 Å². The van der Waals surface area contributed by atoms with Crippen LogP contribution in [0.5, 0.6) is 0 Å². The zero-order chi connectivity index (χ0) is 23.0. The zero-order valence-corrected chi connectivity index (χ0v) is 19.9. The molecule has 3 N–H and O–H groups in total. The summed E-state index contributed by atoms with van der Waals surface area (Å²) in [5.41, 5.74) is 1.86. The average Bonchev–Trinajstić information content (AvgIpc) is 2.79. The molecule has 5 aliphatic rings. The van der Waals surface area contributed by atoms with Crippen molar-refractivity contribution in [2.45, 2.75) is 89.0 Å². The van der Waals surface area contributed by atoms with Crippen LogP contribution >= 0.6 is 0 Å². The van der Waals surface area contributed by atoms with Gasteiger partial charge in [-0.05, 0) is 100 Å². The summed E-state index contributed by atoms with van der Waals surface area (Å²) in [5.74, 6) is 2.28. The maximum Gasteiger partial charge on any atom is 0.304 e. The van der Waals surface area contributed by atoms with Gasteiger partial charge in [0.2, 0.25) is 0 Å². The summed E-state index contributed by atoms with van der Waals surface area (Å²) in [5, 5.41) is 16.4. The van der Waals surface area contributed by atoms with Gasteiger partial charge in [0.25, 0.3) is 5.91 Å². The SMILES string of the molecule is CCCCc1nc([C@]2(CC(=O)O)CCCNC2)ccc1C(=O)NC1C2CC3CC(C2)CC1C3. The third kappa shape index (κ3) is 4.55. The molecule has 5 fully saturated rings. The number of pyridine rings is 1. The van der Waals surface area contributed by atoms with E-state index in [0.29, 0.717) is 30.0 Å². The number of aliphatic carboxylic acids is 1. The molecular formula is C27H39N3O3. The minimum atomic E-state index is -0.792. The Kier molecular flexibility index (Phi) is 6.47. The van der Waals surface area contributed by atoms with E-state index in [1.54, 1.807) is 0 Å². The molecule has 1 aliphatic heterocycles. The summed E-state index contributed by atoms with van der Waals surface area (Å²) in [7, 11) is 0. The Balaban J connectivity index is 1.40. The summed E-state index contributed by atoms with van der Waals surface area (Å²) in [6.45, 7) is 3.68. The van der Waals surface area contributed by atoms with Gasteiger partial charge >= 0.3 is 5.97 Å². The first kappa shape index (κ1) is 22.8. The van der Waals surface area contributed by atoms with E-state index < -0.39 is 11.4 Å². The molecule has 1 saturated heterocycles. The molecule has 1 aromatic rings. The number of rotatable bonds is 8. The molecule has 1 aromatic heterocycles. The molecule has 4 aliphatic carbocycles. The van der Waals surface area contributed by atoms with E-state index in [4.69, 9.17) is 4.98 Å². The van der Waals surface area contributed by atoms with Gasteiger partial charge < -0.3 is 15.7 Å². The van der Waals surface area contributed by atoms with E-state index in [0.717, 1.165) is 61.9 Å². The number of carboxylic acid groups (broad SMARTS) is 1. The number of carbonyl (C=O) groups excluding carboxylic acids is 1. The van der Waals surface area contributed by atoms with Gasteiger partial charge in [0.1, 0.15) is 0 Å². The van der Waals surface area contributed by atoms with Crippen molar-refractivity contribution in [1.82, 2.24) is 15.6 Å². The Morgan fingerprint density at radius 2 is 1.88 bits per heavy atom. The monoisotopic (exact) mass is 453 g/mol. The highest BCUT2D eigenvalue weighted by molar-refractivity contribution is 5.95. The van der Waals surface area contributed by atoms with Crippen LogP contribution in [0.4, 0.5) is 0 Å². The van der Waals surface area contributed by atoms with Crippen molar-refractivity contribution in [3.8, 4) is 0 Å². The van der Waals surface area contributed by atoms with Crippen molar-refractivity contribution in [3.05, 3.63) is 29.1 Å². The molecule has 33 heavy (non-hydrogen) atoms. The lowest BCUT2D eigenvalue weighted by Crippen LogP contribution is -2.55. The fraction of sp³-hybridized carbons (Fsp3) is 0.741. The zero-order valence-electron chi connectivity index (χ0n) is 19.9. The average molecular weight is 454 g/mol. The number of aryl methyl sites for hydroxylation is 1. The third-order valence-corrected chi connectivity index (χ3v) is 9.02. The molecule has 0 radical (unpaired) electrons. The summed E-state index contributed by atoms with van der Waals surface area (Å²) < 4.78 is 0. The molecule has 1 atom stereocenters. The van der Waals surface area contributed by atoms with E-state index >= 15 is 0 Å². The number of nitrogens with one attached hydrogen (secondary N) is 2. The lowest BCUT2D eigenvalue weighted by molar-refractivity contribution is -0.138. The summed E-state index contributed by atoms with van der Waals surface area (Å²) >= 11 is 0. The predicted molar refractivity (Wildman–Crippen MR) is 127 cm³/mol. The normalized spacial score (nSPS) is 34.9. The molecular weight excluding hydrogens is 414 g/mol. The van der Waals surface area contributed by atoms with Crippen LogP contribution in [0.25, 0.3) is 0 Å². The van der Waals surface area contributed by atoms with Crippen LogP contribution in [0.15, 0.2) is 12.1 Å². The minimum Gasteiger partial charge on any atom is -0.481 e. The van der Waals surface area contributed by atoms with Crippen molar-refractivity contribution in [1.29, 1.82) is 0 Å². The minimum absolute atomic E-state index is 0.0201. The largest absolute Gasteiger partial charge is 0.481 e. The van der Waals surface area contributed by atoms with E-state index in [-0.39, 0.29) is 12.3 Å². The number of nitrogens with zero attached hydrogens (tertiary/aromatic N) is 1. The quantitative estimate of drug-likeness (QED) is 0.552. The molecule has 2 heterocycles. The molecule has 6 rings (SSSR count). The first-order valence-electron chi connectivity index (χ1n) is 13.2. The smallest absolute Gasteiger partial charge is 0.304 e. The Morgan fingerprint density at radius 3 is 2.48 bits per heavy atom. The predicted octanol–water partition coefficient (Wildman–Crippen LogP) is 4.07. The van der Waals surface area contributed by atoms with Gasteiger partial charge in [0, 0.05) is 23.7 Å². The molecule has 0 aromatic carbocycles. The van der Waals surface area contributed by atoms with Crippen LogP contribution in [0.1, 0.15) is 92.9 Å². The van der Waals surface area contributed by atoms with Crippen molar-refractivity contribution < 1.29 is 14.7 Å². The summed E-state index contributed by atoms with van der Waals surface area (Å²) in [6.07, 6.45) is 11.1. The topological polar surface area (TPSA) is 91.3 Å². The number of aromatic nitrogens is 1. The van der Waals surface area contributed by atoms with Crippen LogP contribution in [-0.2, 0) is 16.6 Å². The van der Waals surface area contributed by atoms with Crippen LogP contribution in [0, 0.1) is 23.7 Å². The first-order valence-corrected chi connectivity index (χ1v) is 13.2. The molecule has 1 amide bonds. The molecule has 4 saturated carbocycles.